The first kappa shape index (κ1) is 15.1. The fourth-order valence-electron chi connectivity index (χ4n) is 1.04. The van der Waals surface area contributed by atoms with E-state index >= 15 is 0 Å². The zero-order valence-corrected chi connectivity index (χ0v) is 14.5. The number of amides is 1. The van der Waals surface area contributed by atoms with Crippen molar-refractivity contribution in [2.24, 2.45) is 0 Å². The SMILES string of the molecule is CNC(C)(C)C(=O)Nc1c(Br)cc(Br)cc1Br. The summed E-state index contributed by atoms with van der Waals surface area (Å²) in [6.07, 6.45) is 0. The first-order valence-corrected chi connectivity index (χ1v) is 7.30. The molecule has 0 aliphatic heterocycles. The molecule has 6 heteroatoms. The molecule has 1 amide bonds. The van der Waals surface area contributed by atoms with Crippen LogP contribution >= 0.6 is 47.8 Å². The van der Waals surface area contributed by atoms with Crippen LogP contribution in [-0.2, 0) is 4.79 Å². The number of carbonyl (C=O) groups is 1. The summed E-state index contributed by atoms with van der Waals surface area (Å²) in [5, 5.41) is 5.84. The molecule has 0 spiro atoms. The quantitative estimate of drug-likeness (QED) is 0.766. The first-order valence-electron chi connectivity index (χ1n) is 4.93. The van der Waals surface area contributed by atoms with Crippen LogP contribution in [0.3, 0.4) is 0 Å². The van der Waals surface area contributed by atoms with E-state index in [1.807, 2.05) is 26.0 Å². The van der Waals surface area contributed by atoms with E-state index < -0.39 is 5.54 Å². The maximum absolute atomic E-state index is 12.0. The summed E-state index contributed by atoms with van der Waals surface area (Å²) < 4.78 is 2.57. The van der Waals surface area contributed by atoms with Gasteiger partial charge in [0.05, 0.1) is 11.2 Å². The number of nitrogens with one attached hydrogen (secondary N) is 2. The second-order valence-electron chi connectivity index (χ2n) is 4.07. The highest BCUT2D eigenvalue weighted by molar-refractivity contribution is 9.11. The van der Waals surface area contributed by atoms with Crippen LogP contribution in [-0.4, -0.2) is 18.5 Å². The van der Waals surface area contributed by atoms with E-state index in [0.717, 1.165) is 19.1 Å². The van der Waals surface area contributed by atoms with Crippen LogP contribution in [0.1, 0.15) is 13.8 Å². The fraction of sp³-hybridized carbons (Fsp3) is 0.364. The van der Waals surface area contributed by atoms with Gasteiger partial charge in [0.1, 0.15) is 0 Å². The van der Waals surface area contributed by atoms with Crippen LogP contribution in [0.5, 0.6) is 0 Å². The van der Waals surface area contributed by atoms with E-state index in [4.69, 9.17) is 0 Å². The van der Waals surface area contributed by atoms with Gasteiger partial charge < -0.3 is 10.6 Å². The summed E-state index contributed by atoms with van der Waals surface area (Å²) >= 11 is 10.2. The normalized spacial score (nSPS) is 11.4. The molecule has 1 aromatic carbocycles. The molecule has 3 nitrogen and oxygen atoms in total. The number of hydrogen-bond acceptors (Lipinski definition) is 2. The lowest BCUT2D eigenvalue weighted by molar-refractivity contribution is -0.121. The maximum Gasteiger partial charge on any atom is 0.244 e. The third-order valence-corrected chi connectivity index (χ3v) is 4.15. The zero-order chi connectivity index (χ0) is 13.2. The van der Waals surface area contributed by atoms with Crippen LogP contribution < -0.4 is 10.6 Å². The molecule has 0 atom stereocenters. The summed E-state index contributed by atoms with van der Waals surface area (Å²) in [5.41, 5.74) is 0.105. The average molecular weight is 429 g/mol. The first-order chi connectivity index (χ1) is 7.77. The van der Waals surface area contributed by atoms with Gasteiger partial charge in [-0.05, 0) is 64.9 Å². The Hall–Kier alpha value is 0.0900. The maximum atomic E-state index is 12.0. The number of rotatable bonds is 3. The second kappa shape index (κ2) is 5.82. The molecule has 1 aromatic rings. The van der Waals surface area contributed by atoms with Crippen molar-refractivity contribution in [1.29, 1.82) is 0 Å². The van der Waals surface area contributed by atoms with Gasteiger partial charge in [-0.15, -0.1) is 0 Å². The standard InChI is InChI=1S/C11H13Br3N2O/c1-11(2,15-3)10(17)16-9-7(13)4-6(12)5-8(9)14/h4-5,15H,1-3H3,(H,16,17). The van der Waals surface area contributed by atoms with E-state index in [1.165, 1.54) is 0 Å². The van der Waals surface area contributed by atoms with Crippen LogP contribution in [0.15, 0.2) is 25.6 Å². The number of benzene rings is 1. The molecule has 0 radical (unpaired) electrons. The number of halogens is 3. The van der Waals surface area contributed by atoms with Crippen LogP contribution in [0.2, 0.25) is 0 Å². The lowest BCUT2D eigenvalue weighted by atomic mass is 10.1. The van der Waals surface area contributed by atoms with Gasteiger partial charge in [0, 0.05) is 13.4 Å². The van der Waals surface area contributed by atoms with Crippen LogP contribution in [0.4, 0.5) is 5.69 Å². The summed E-state index contributed by atoms with van der Waals surface area (Å²) in [4.78, 5) is 12.0. The van der Waals surface area contributed by atoms with Crippen molar-refractivity contribution < 1.29 is 4.79 Å². The number of likely N-dealkylation sites (N-methyl/N-ethyl adjacent to an activating group) is 1. The van der Waals surface area contributed by atoms with Gasteiger partial charge >= 0.3 is 0 Å². The summed E-state index contributed by atoms with van der Waals surface area (Å²) in [6.45, 7) is 3.64. The number of hydrogen-bond donors (Lipinski definition) is 2. The molecule has 0 bridgehead atoms. The van der Waals surface area contributed by atoms with Gasteiger partial charge in [-0.25, -0.2) is 0 Å². The molecule has 0 aromatic heterocycles. The minimum atomic E-state index is -0.619. The van der Waals surface area contributed by atoms with Gasteiger partial charge in [0.2, 0.25) is 5.91 Å². The van der Waals surface area contributed by atoms with E-state index in [2.05, 4.69) is 58.4 Å². The monoisotopic (exact) mass is 426 g/mol. The summed E-state index contributed by atoms with van der Waals surface area (Å²) in [7, 11) is 1.76. The molecular weight excluding hydrogens is 416 g/mol. The third-order valence-electron chi connectivity index (χ3n) is 2.44. The Labute approximate surface area is 126 Å². The summed E-state index contributed by atoms with van der Waals surface area (Å²) in [5.74, 6) is -0.0938. The average Bonchev–Trinajstić information content (AvgIpc) is 2.22. The Kier molecular flexibility index (Phi) is 5.19. The molecule has 0 fully saturated rings. The molecule has 17 heavy (non-hydrogen) atoms. The fourth-order valence-corrected chi connectivity index (χ4v) is 3.50. The molecule has 0 aliphatic carbocycles. The van der Waals surface area contributed by atoms with E-state index in [1.54, 1.807) is 7.05 Å². The Balaban J connectivity index is 3.01. The smallest absolute Gasteiger partial charge is 0.244 e. The third kappa shape index (κ3) is 3.77. The lowest BCUT2D eigenvalue weighted by Crippen LogP contribution is -2.48. The molecular formula is C11H13Br3N2O. The molecule has 2 N–H and O–H groups in total. The Morgan fingerprint density at radius 1 is 1.18 bits per heavy atom. The van der Waals surface area contributed by atoms with Crippen molar-refractivity contribution in [1.82, 2.24) is 5.32 Å². The van der Waals surface area contributed by atoms with Crippen molar-refractivity contribution in [3.63, 3.8) is 0 Å². The van der Waals surface area contributed by atoms with Gasteiger partial charge in [-0.2, -0.15) is 0 Å². The lowest BCUT2D eigenvalue weighted by Gasteiger charge is -2.23. The Bertz CT molecular complexity index is 423. The highest BCUT2D eigenvalue weighted by atomic mass is 79.9. The van der Waals surface area contributed by atoms with Gasteiger partial charge in [-0.3, -0.25) is 4.79 Å². The predicted molar refractivity (Wildman–Crippen MR) is 81.3 cm³/mol. The van der Waals surface area contributed by atoms with Crippen LogP contribution in [0.25, 0.3) is 0 Å². The minimum absolute atomic E-state index is 0.0938. The molecule has 0 heterocycles. The largest absolute Gasteiger partial charge is 0.323 e. The van der Waals surface area contributed by atoms with Gasteiger partial charge in [-0.1, -0.05) is 15.9 Å². The Morgan fingerprint density at radius 2 is 1.65 bits per heavy atom. The van der Waals surface area contributed by atoms with E-state index in [-0.39, 0.29) is 5.91 Å². The number of carbonyl (C=O) groups excluding carboxylic acids is 1. The predicted octanol–water partition coefficient (Wildman–Crippen LogP) is 3.91. The minimum Gasteiger partial charge on any atom is -0.323 e. The Morgan fingerprint density at radius 3 is 2.06 bits per heavy atom. The molecule has 0 unspecified atom stereocenters. The highest BCUT2D eigenvalue weighted by Gasteiger charge is 2.26. The van der Waals surface area contributed by atoms with Crippen molar-refractivity contribution in [3.8, 4) is 0 Å². The molecule has 94 valence electrons. The van der Waals surface area contributed by atoms with Crippen molar-refractivity contribution >= 4 is 59.4 Å². The van der Waals surface area contributed by atoms with Crippen molar-refractivity contribution in [2.45, 2.75) is 19.4 Å². The molecule has 0 aliphatic rings. The van der Waals surface area contributed by atoms with Crippen molar-refractivity contribution in [2.75, 3.05) is 12.4 Å². The van der Waals surface area contributed by atoms with E-state index in [0.29, 0.717) is 0 Å². The highest BCUT2D eigenvalue weighted by Crippen LogP contribution is 2.34. The van der Waals surface area contributed by atoms with Gasteiger partial charge in [0.15, 0.2) is 0 Å². The molecule has 1 rings (SSSR count). The topological polar surface area (TPSA) is 41.1 Å². The molecule has 0 saturated carbocycles. The van der Waals surface area contributed by atoms with E-state index in [9.17, 15) is 4.79 Å². The summed E-state index contributed by atoms with van der Waals surface area (Å²) in [6, 6.07) is 3.76. The van der Waals surface area contributed by atoms with Crippen LogP contribution in [0, 0.1) is 0 Å². The van der Waals surface area contributed by atoms with Gasteiger partial charge in [0.25, 0.3) is 0 Å². The number of anilines is 1. The zero-order valence-electron chi connectivity index (χ0n) is 9.70. The second-order valence-corrected chi connectivity index (χ2v) is 6.70. The molecule has 0 saturated heterocycles. The van der Waals surface area contributed by atoms with Crippen molar-refractivity contribution in [3.05, 3.63) is 25.6 Å².